The Bertz CT molecular complexity index is 2700. The molecule has 0 bridgehead atoms. The summed E-state index contributed by atoms with van der Waals surface area (Å²) in [4.78, 5) is 20.3. The van der Waals surface area contributed by atoms with Crippen LogP contribution >= 0.6 is 0 Å². The number of nitrogens with two attached hydrogens (primary N) is 1. The van der Waals surface area contributed by atoms with Crippen LogP contribution in [0.3, 0.4) is 0 Å². The number of hydrogen-bond acceptors (Lipinski definition) is 8. The topological polar surface area (TPSA) is 87.3 Å². The minimum absolute atomic E-state index is 0.529. The fraction of sp³-hybridized carbons (Fsp3) is 0.127. The maximum atomic E-state index is 4.50. The molecule has 8 heteroatoms. The van der Waals surface area contributed by atoms with Gasteiger partial charge in [0, 0.05) is 77.5 Å². The van der Waals surface area contributed by atoms with Gasteiger partial charge in [0.2, 0.25) is 0 Å². The van der Waals surface area contributed by atoms with Crippen LogP contribution in [-0.4, -0.2) is 33.5 Å². The van der Waals surface area contributed by atoms with Crippen LogP contribution in [-0.2, 0) is 0 Å². The van der Waals surface area contributed by atoms with Gasteiger partial charge in [-0.05, 0) is 132 Å². The largest absolute Gasteiger partial charge is 0.335 e. The van der Waals surface area contributed by atoms with Crippen LogP contribution < -0.4 is 20.7 Å². The number of benzene rings is 4. The van der Waals surface area contributed by atoms with Crippen LogP contribution in [0.4, 0.5) is 17.1 Å². The molecule has 0 saturated carbocycles. The van der Waals surface area contributed by atoms with Gasteiger partial charge in [-0.25, -0.2) is 10.0 Å². The fourth-order valence-corrected chi connectivity index (χ4v) is 7.47. The SMILES string of the molecule is CN.Cc1ccc(C)cc1.Cc1ccc(N2C/C(c3ccncc3)=C(/c3ccncc3)N(c3ccc(C)cc3)N(c3ccc(C)cc3)/C(c3ccncc3)=C\2c2ccncc2)cc1. The normalized spacial score (nSPS) is 15.0. The van der Waals surface area contributed by atoms with E-state index in [1.807, 2.05) is 49.6 Å². The monoisotopic (exact) mass is 826 g/mol. The zero-order valence-electron chi connectivity index (χ0n) is 36.9. The van der Waals surface area contributed by atoms with Crippen LogP contribution in [0.5, 0.6) is 0 Å². The van der Waals surface area contributed by atoms with Crippen molar-refractivity contribution in [3.05, 3.63) is 245 Å². The third-order valence-electron chi connectivity index (χ3n) is 10.7. The second-order valence-corrected chi connectivity index (χ2v) is 15.3. The van der Waals surface area contributed by atoms with Gasteiger partial charge < -0.3 is 10.6 Å². The molecule has 0 unspecified atom stereocenters. The Hall–Kier alpha value is -7.68. The highest BCUT2D eigenvalue weighted by atomic mass is 15.6. The quantitative estimate of drug-likeness (QED) is 0.170. The summed E-state index contributed by atoms with van der Waals surface area (Å²) in [5.41, 5.74) is 22.0. The maximum Gasteiger partial charge on any atom is 0.0953 e. The second-order valence-electron chi connectivity index (χ2n) is 15.3. The molecule has 8 nitrogen and oxygen atoms in total. The van der Waals surface area contributed by atoms with Crippen molar-refractivity contribution in [3.63, 3.8) is 0 Å². The summed E-state index contributed by atoms with van der Waals surface area (Å²) in [6.07, 6.45) is 15.0. The highest BCUT2D eigenvalue weighted by Crippen LogP contribution is 2.47. The van der Waals surface area contributed by atoms with E-state index in [-0.39, 0.29) is 0 Å². The van der Waals surface area contributed by atoms with Gasteiger partial charge >= 0.3 is 0 Å². The molecule has 314 valence electrons. The summed E-state index contributed by atoms with van der Waals surface area (Å²) in [5, 5.41) is 4.74. The lowest BCUT2D eigenvalue weighted by Gasteiger charge is -2.46. The minimum atomic E-state index is 0.529. The lowest BCUT2D eigenvalue weighted by atomic mass is 9.95. The average molecular weight is 827 g/mol. The Morgan fingerprint density at radius 1 is 0.317 bits per heavy atom. The van der Waals surface area contributed by atoms with E-state index in [1.54, 1.807) is 0 Å². The molecule has 0 fully saturated rings. The molecule has 1 aliphatic heterocycles. The van der Waals surface area contributed by atoms with Gasteiger partial charge in [0.25, 0.3) is 0 Å². The zero-order valence-corrected chi connectivity index (χ0v) is 36.9. The second kappa shape index (κ2) is 20.7. The number of aromatic nitrogens is 4. The van der Waals surface area contributed by atoms with Crippen molar-refractivity contribution in [1.82, 2.24) is 19.9 Å². The van der Waals surface area contributed by atoms with Crippen molar-refractivity contribution in [3.8, 4) is 0 Å². The summed E-state index contributed by atoms with van der Waals surface area (Å²) < 4.78 is 0. The van der Waals surface area contributed by atoms with Gasteiger partial charge in [-0.3, -0.25) is 19.9 Å². The van der Waals surface area contributed by atoms with E-state index in [2.05, 4.69) is 221 Å². The molecule has 2 N–H and O–H groups in total. The van der Waals surface area contributed by atoms with Crippen molar-refractivity contribution in [2.75, 3.05) is 28.5 Å². The molecular formula is C55H54N8. The lowest BCUT2D eigenvalue weighted by molar-refractivity contribution is 0.976. The zero-order chi connectivity index (χ0) is 44.1. The van der Waals surface area contributed by atoms with Crippen molar-refractivity contribution >= 4 is 39.7 Å². The molecule has 5 heterocycles. The van der Waals surface area contributed by atoms with E-state index in [9.17, 15) is 0 Å². The first kappa shape index (κ1) is 43.4. The molecule has 63 heavy (non-hydrogen) atoms. The summed E-state index contributed by atoms with van der Waals surface area (Å²) in [6, 6.07) is 51.6. The van der Waals surface area contributed by atoms with Crippen LogP contribution in [0.1, 0.15) is 50.1 Å². The van der Waals surface area contributed by atoms with Gasteiger partial charge in [-0.15, -0.1) is 0 Å². The van der Waals surface area contributed by atoms with E-state index in [1.165, 1.54) is 34.9 Å². The highest BCUT2D eigenvalue weighted by molar-refractivity contribution is 6.10. The first-order valence-electron chi connectivity index (χ1n) is 21.1. The molecule has 0 spiro atoms. The number of pyridine rings is 4. The Balaban J connectivity index is 0.000000531. The average Bonchev–Trinajstić information content (AvgIpc) is 3.33. The standard InChI is InChI=1S/C46H39N7.C8H10.CH5N/c1-33-4-10-40(11-5-33)51-32-43(36-16-24-47-25-17-36)44(37-18-26-48-27-19-37)52(41-12-6-34(2)7-13-41)53(42-14-8-35(3)9-15-42)46(39-22-30-50-31-23-39)45(51)38-20-28-49-29-21-38;1-7-3-5-8(2)6-4-7;1-2/h4-31H,32H2,1-3H3;3-6H,1-2H3;2H2,1H3/b44-43+,46-45-;;. The predicted octanol–water partition coefficient (Wildman–Crippen LogP) is 11.9. The van der Waals surface area contributed by atoms with E-state index < -0.39 is 0 Å². The van der Waals surface area contributed by atoms with Gasteiger partial charge in [0.1, 0.15) is 0 Å². The summed E-state index contributed by atoms with van der Waals surface area (Å²) in [7, 11) is 1.50. The molecule has 0 radical (unpaired) electrons. The van der Waals surface area contributed by atoms with E-state index in [0.29, 0.717) is 6.54 Å². The Kier molecular flexibility index (Phi) is 14.3. The lowest BCUT2D eigenvalue weighted by Crippen LogP contribution is -2.45. The van der Waals surface area contributed by atoms with E-state index in [0.717, 1.165) is 62.0 Å². The summed E-state index contributed by atoms with van der Waals surface area (Å²) in [5.74, 6) is 0. The number of anilines is 3. The van der Waals surface area contributed by atoms with Crippen LogP contribution in [0.2, 0.25) is 0 Å². The molecular weight excluding hydrogens is 773 g/mol. The third-order valence-corrected chi connectivity index (χ3v) is 10.7. The van der Waals surface area contributed by atoms with Gasteiger partial charge in [-0.1, -0.05) is 88.5 Å². The minimum Gasteiger partial charge on any atom is -0.335 e. The van der Waals surface area contributed by atoms with Crippen molar-refractivity contribution < 1.29 is 0 Å². The van der Waals surface area contributed by atoms with E-state index >= 15 is 0 Å². The van der Waals surface area contributed by atoms with Gasteiger partial charge in [0.05, 0.1) is 35.0 Å². The first-order valence-corrected chi connectivity index (χ1v) is 21.1. The van der Waals surface area contributed by atoms with Crippen molar-refractivity contribution in [2.24, 2.45) is 5.73 Å². The number of nitrogens with zero attached hydrogens (tertiary/aromatic N) is 7. The van der Waals surface area contributed by atoms with Crippen molar-refractivity contribution in [2.45, 2.75) is 34.6 Å². The first-order chi connectivity index (χ1) is 30.8. The van der Waals surface area contributed by atoms with Crippen LogP contribution in [0, 0.1) is 34.6 Å². The molecule has 0 atom stereocenters. The number of hydrogen-bond donors (Lipinski definition) is 1. The van der Waals surface area contributed by atoms with Crippen LogP contribution in [0.25, 0.3) is 22.7 Å². The summed E-state index contributed by atoms with van der Waals surface area (Å²) in [6.45, 7) is 11.1. The van der Waals surface area contributed by atoms with E-state index in [4.69, 9.17) is 0 Å². The number of aryl methyl sites for hydroxylation is 5. The highest BCUT2D eigenvalue weighted by Gasteiger charge is 2.36. The van der Waals surface area contributed by atoms with Gasteiger partial charge in [0.15, 0.2) is 0 Å². The smallest absolute Gasteiger partial charge is 0.0953 e. The van der Waals surface area contributed by atoms with Crippen LogP contribution in [0.15, 0.2) is 195 Å². The van der Waals surface area contributed by atoms with Gasteiger partial charge in [-0.2, -0.15) is 0 Å². The summed E-state index contributed by atoms with van der Waals surface area (Å²) >= 11 is 0. The Labute approximate surface area is 372 Å². The molecule has 4 aromatic heterocycles. The molecule has 1 aliphatic rings. The molecule has 9 rings (SSSR count). The third kappa shape index (κ3) is 10.3. The Morgan fingerprint density at radius 2 is 0.587 bits per heavy atom. The Morgan fingerprint density at radius 3 is 0.952 bits per heavy atom. The predicted molar refractivity (Wildman–Crippen MR) is 262 cm³/mol. The molecule has 0 amide bonds. The molecule has 8 aromatic rings. The molecule has 4 aromatic carbocycles. The molecule has 0 saturated heterocycles. The maximum absolute atomic E-state index is 4.50. The van der Waals surface area contributed by atoms with Crippen molar-refractivity contribution in [1.29, 1.82) is 0 Å². The molecule has 0 aliphatic carbocycles. The number of hydrazine groups is 1. The fourth-order valence-electron chi connectivity index (χ4n) is 7.47. The number of rotatable bonds is 7.